The molecule has 0 amide bonds. The fourth-order valence-corrected chi connectivity index (χ4v) is 7.48. The van der Waals surface area contributed by atoms with Crippen LogP contribution in [0.1, 0.15) is 219 Å². The normalized spacial score (nSPS) is 13.3. The highest BCUT2D eigenvalue weighted by molar-refractivity contribution is 5.72. The minimum atomic E-state index is -0.878. The van der Waals surface area contributed by atoms with Gasteiger partial charge in [-0.3, -0.25) is 9.59 Å². The highest BCUT2D eigenvalue weighted by atomic mass is 16.6. The third kappa shape index (κ3) is 44.0. The summed E-state index contributed by atoms with van der Waals surface area (Å²) in [4.78, 5) is 37.2. The number of likely N-dealkylation sites (N-methyl/N-ethyl adjacent to an activating group) is 1. The number of carbonyl (C=O) groups is 3. The molecule has 0 aliphatic carbocycles. The van der Waals surface area contributed by atoms with E-state index in [0.717, 1.165) is 77.0 Å². The second-order valence-corrected chi connectivity index (χ2v) is 18.5. The molecular weight excluding hydrogens is 787 g/mol. The first-order valence-corrected chi connectivity index (χ1v) is 25.9. The lowest BCUT2D eigenvalue weighted by molar-refractivity contribution is -0.887. The predicted molar refractivity (Wildman–Crippen MR) is 266 cm³/mol. The molecule has 8 heteroatoms. The molecule has 2 unspecified atom stereocenters. The maximum atomic E-state index is 12.8. The molecule has 364 valence electrons. The number of aliphatic carboxylic acids is 1. The zero-order chi connectivity index (χ0) is 46.3. The van der Waals surface area contributed by atoms with E-state index in [1.807, 2.05) is 21.1 Å². The number of ether oxygens (including phenoxy) is 3. The van der Waals surface area contributed by atoms with Crippen LogP contribution in [-0.4, -0.2) is 80.6 Å². The molecular formula is C55H98NO7+. The van der Waals surface area contributed by atoms with Gasteiger partial charge in [0.25, 0.3) is 0 Å². The van der Waals surface area contributed by atoms with Crippen LogP contribution in [-0.2, 0) is 28.6 Å². The molecule has 0 saturated carbocycles. The molecule has 0 heterocycles. The number of esters is 2. The molecule has 8 nitrogen and oxygen atoms in total. The van der Waals surface area contributed by atoms with Crippen LogP contribution in [0.2, 0.25) is 0 Å². The Bertz CT molecular complexity index is 1210. The predicted octanol–water partition coefficient (Wildman–Crippen LogP) is 14.9. The Morgan fingerprint density at radius 2 is 0.952 bits per heavy atom. The largest absolute Gasteiger partial charge is 0.477 e. The maximum Gasteiger partial charge on any atom is 0.362 e. The number of nitrogens with zero attached hydrogens (tertiary/aromatic N) is 1. The van der Waals surface area contributed by atoms with E-state index in [0.29, 0.717) is 19.3 Å². The first-order valence-electron chi connectivity index (χ1n) is 25.9. The fourth-order valence-electron chi connectivity index (χ4n) is 7.48. The summed E-state index contributed by atoms with van der Waals surface area (Å²) in [6, 6.07) is -0.621. The molecule has 1 N–H and O–H groups in total. The summed E-state index contributed by atoms with van der Waals surface area (Å²) in [5.41, 5.74) is 0. The maximum absolute atomic E-state index is 12.8. The van der Waals surface area contributed by atoms with Crippen LogP contribution >= 0.6 is 0 Å². The Morgan fingerprint density at radius 3 is 1.43 bits per heavy atom. The van der Waals surface area contributed by atoms with Crippen molar-refractivity contribution in [3.8, 4) is 0 Å². The van der Waals surface area contributed by atoms with Gasteiger partial charge in [-0.25, -0.2) is 4.79 Å². The van der Waals surface area contributed by atoms with Crippen LogP contribution in [0.3, 0.4) is 0 Å². The molecule has 0 rings (SSSR count). The smallest absolute Gasteiger partial charge is 0.362 e. The van der Waals surface area contributed by atoms with Crippen molar-refractivity contribution >= 4 is 17.9 Å². The molecule has 0 radical (unpaired) electrons. The van der Waals surface area contributed by atoms with Gasteiger partial charge in [0, 0.05) is 19.3 Å². The lowest BCUT2D eigenvalue weighted by Gasteiger charge is -2.31. The zero-order valence-corrected chi connectivity index (χ0v) is 41.5. The number of carbonyl (C=O) groups excluding carboxylic acids is 2. The Labute approximate surface area is 388 Å². The average Bonchev–Trinajstić information content (AvgIpc) is 3.24. The van der Waals surface area contributed by atoms with E-state index in [1.54, 1.807) is 0 Å². The van der Waals surface area contributed by atoms with Crippen molar-refractivity contribution in [3.63, 3.8) is 0 Å². The van der Waals surface area contributed by atoms with Crippen LogP contribution in [0.25, 0.3) is 0 Å². The van der Waals surface area contributed by atoms with E-state index in [2.05, 4.69) is 74.6 Å². The molecule has 0 saturated heterocycles. The molecule has 2 atom stereocenters. The fraction of sp³-hybridized carbons (Fsp3) is 0.764. The molecule has 0 spiro atoms. The van der Waals surface area contributed by atoms with E-state index in [4.69, 9.17) is 14.2 Å². The van der Waals surface area contributed by atoms with Gasteiger partial charge in [0.2, 0.25) is 0 Å². The zero-order valence-electron chi connectivity index (χ0n) is 41.5. The molecule has 63 heavy (non-hydrogen) atoms. The lowest BCUT2D eigenvalue weighted by Crippen LogP contribution is -2.50. The topological polar surface area (TPSA) is 99.1 Å². The third-order valence-corrected chi connectivity index (χ3v) is 11.5. The molecule has 0 aromatic rings. The SMILES string of the molecule is CC/C=C/C/C=C/CCCCCCCCCCCCCCCCC(=O)OCC(COCCC(C(=O)O)[N+](C)(C)C)OC(=O)CCCCCCC/C=C/C=C/C=C/CCCCCCC. The Kier molecular flexibility index (Phi) is 43.4. The average molecular weight is 885 g/mol. The molecule has 0 aromatic carbocycles. The lowest BCUT2D eigenvalue weighted by atomic mass is 10.0. The first kappa shape index (κ1) is 60.0. The number of allylic oxidation sites excluding steroid dienone is 10. The Morgan fingerprint density at radius 1 is 0.508 bits per heavy atom. The number of hydrogen-bond acceptors (Lipinski definition) is 6. The van der Waals surface area contributed by atoms with Crippen molar-refractivity contribution in [3.05, 3.63) is 60.8 Å². The summed E-state index contributed by atoms with van der Waals surface area (Å²) in [7, 11) is 5.53. The molecule has 0 bridgehead atoms. The van der Waals surface area contributed by atoms with Crippen LogP contribution in [0.5, 0.6) is 0 Å². The third-order valence-electron chi connectivity index (χ3n) is 11.5. The van der Waals surface area contributed by atoms with E-state index in [-0.39, 0.29) is 36.2 Å². The van der Waals surface area contributed by atoms with Gasteiger partial charge in [-0.2, -0.15) is 0 Å². The summed E-state index contributed by atoms with van der Waals surface area (Å²) < 4.78 is 17.3. The van der Waals surface area contributed by atoms with Crippen LogP contribution in [0.15, 0.2) is 60.8 Å². The number of carboxylic acid groups (broad SMARTS) is 1. The summed E-state index contributed by atoms with van der Waals surface area (Å²) in [5, 5.41) is 9.65. The number of carboxylic acids is 1. The van der Waals surface area contributed by atoms with Gasteiger partial charge in [-0.1, -0.05) is 197 Å². The summed E-state index contributed by atoms with van der Waals surface area (Å²) in [5.74, 6) is -1.49. The van der Waals surface area contributed by atoms with Crippen molar-refractivity contribution in [2.24, 2.45) is 0 Å². The monoisotopic (exact) mass is 885 g/mol. The summed E-state index contributed by atoms with van der Waals surface area (Å²) in [6.45, 7) is 4.61. The summed E-state index contributed by atoms with van der Waals surface area (Å²) in [6.07, 6.45) is 57.0. The van der Waals surface area contributed by atoms with Gasteiger partial charge in [-0.15, -0.1) is 0 Å². The van der Waals surface area contributed by atoms with Crippen molar-refractivity contribution in [2.75, 3.05) is 41.0 Å². The van der Waals surface area contributed by atoms with Gasteiger partial charge in [-0.05, 0) is 64.2 Å². The molecule has 0 fully saturated rings. The van der Waals surface area contributed by atoms with E-state index >= 15 is 0 Å². The minimum absolute atomic E-state index is 0.0520. The van der Waals surface area contributed by atoms with Gasteiger partial charge in [0.1, 0.15) is 6.61 Å². The van der Waals surface area contributed by atoms with Crippen LogP contribution in [0, 0.1) is 0 Å². The van der Waals surface area contributed by atoms with E-state index in [1.165, 1.54) is 109 Å². The first-order chi connectivity index (χ1) is 30.6. The van der Waals surface area contributed by atoms with Crippen molar-refractivity contribution in [1.82, 2.24) is 0 Å². The van der Waals surface area contributed by atoms with Crippen molar-refractivity contribution in [2.45, 2.75) is 231 Å². The quantitative estimate of drug-likeness (QED) is 0.0214. The number of hydrogen-bond donors (Lipinski definition) is 1. The molecule has 0 aliphatic heterocycles. The Balaban J connectivity index is 4.26. The standard InChI is InChI=1S/C55H97NO7/c1-6-8-10-12-14-16-18-20-22-24-26-27-28-30-31-33-35-37-39-41-43-45-53(57)62-50-51(49-61-48-47-52(55(59)60)56(3,4)5)63-54(58)46-44-42-40-38-36-34-32-29-25-23-21-19-17-15-13-11-9-7-2/h8,10,14,16,19,21,23,25,29,32,51-52H,6-7,9,11-13,15,17-18,20,22,24,26-28,30-31,33-50H2,1-5H3/p+1/b10-8+,16-14+,21-19+,25-23+,32-29+. The highest BCUT2D eigenvalue weighted by Gasteiger charge is 2.31. The van der Waals surface area contributed by atoms with E-state index in [9.17, 15) is 19.5 Å². The summed E-state index contributed by atoms with van der Waals surface area (Å²) >= 11 is 0. The molecule has 0 aromatic heterocycles. The van der Waals surface area contributed by atoms with Crippen molar-refractivity contribution < 1.29 is 38.2 Å². The van der Waals surface area contributed by atoms with Gasteiger partial charge >= 0.3 is 17.9 Å². The van der Waals surface area contributed by atoms with Gasteiger partial charge < -0.3 is 23.8 Å². The van der Waals surface area contributed by atoms with Crippen LogP contribution < -0.4 is 0 Å². The second kappa shape index (κ2) is 45.6. The molecule has 0 aliphatic rings. The van der Waals surface area contributed by atoms with Crippen molar-refractivity contribution in [1.29, 1.82) is 0 Å². The minimum Gasteiger partial charge on any atom is -0.477 e. The number of unbranched alkanes of at least 4 members (excludes halogenated alkanes) is 24. The number of rotatable bonds is 46. The van der Waals surface area contributed by atoms with E-state index < -0.39 is 18.1 Å². The second-order valence-electron chi connectivity index (χ2n) is 18.5. The van der Waals surface area contributed by atoms with Gasteiger partial charge in [0.05, 0.1) is 34.4 Å². The highest BCUT2D eigenvalue weighted by Crippen LogP contribution is 2.15. The number of quaternary nitrogens is 1. The Hall–Kier alpha value is -2.97. The van der Waals surface area contributed by atoms with Gasteiger partial charge in [0.15, 0.2) is 12.1 Å². The van der Waals surface area contributed by atoms with Crippen LogP contribution in [0.4, 0.5) is 0 Å².